The zero-order valence-corrected chi connectivity index (χ0v) is 13.2. The lowest BCUT2D eigenvalue weighted by Gasteiger charge is -2.26. The van der Waals surface area contributed by atoms with Gasteiger partial charge >= 0.3 is 0 Å². The average molecular weight is 302 g/mol. The SMILES string of the molecule is CCCCC(=O)NCC(C)(C)c1ccc(Cl)c(Cl)c1. The van der Waals surface area contributed by atoms with Crippen LogP contribution in [0.25, 0.3) is 0 Å². The molecule has 0 saturated heterocycles. The molecule has 0 aliphatic carbocycles. The molecule has 1 aromatic rings. The van der Waals surface area contributed by atoms with Crippen molar-refractivity contribution in [3.63, 3.8) is 0 Å². The molecule has 0 saturated carbocycles. The predicted octanol–water partition coefficient (Wildman–Crippen LogP) is 4.58. The Morgan fingerprint density at radius 3 is 2.53 bits per heavy atom. The fourth-order valence-corrected chi connectivity index (χ4v) is 2.06. The minimum atomic E-state index is -0.171. The molecule has 0 aromatic heterocycles. The van der Waals surface area contributed by atoms with Gasteiger partial charge < -0.3 is 5.32 Å². The van der Waals surface area contributed by atoms with Gasteiger partial charge in [0.25, 0.3) is 0 Å². The number of halogens is 2. The molecule has 1 aromatic carbocycles. The van der Waals surface area contributed by atoms with Crippen molar-refractivity contribution in [3.8, 4) is 0 Å². The first-order valence-corrected chi connectivity index (χ1v) is 7.34. The van der Waals surface area contributed by atoms with Crippen LogP contribution >= 0.6 is 23.2 Å². The quantitative estimate of drug-likeness (QED) is 0.819. The highest BCUT2D eigenvalue weighted by atomic mass is 35.5. The van der Waals surface area contributed by atoms with Gasteiger partial charge in [-0.2, -0.15) is 0 Å². The molecule has 0 fully saturated rings. The van der Waals surface area contributed by atoms with Crippen molar-refractivity contribution in [3.05, 3.63) is 33.8 Å². The van der Waals surface area contributed by atoms with E-state index in [9.17, 15) is 4.79 Å². The van der Waals surface area contributed by atoms with Crippen LogP contribution in [-0.4, -0.2) is 12.5 Å². The first kappa shape index (κ1) is 16.3. The summed E-state index contributed by atoms with van der Waals surface area (Å²) in [7, 11) is 0. The second-order valence-electron chi connectivity index (χ2n) is 5.39. The maximum Gasteiger partial charge on any atom is 0.220 e. The summed E-state index contributed by atoms with van der Waals surface area (Å²) in [6.45, 7) is 6.82. The molecule has 0 atom stereocenters. The second kappa shape index (κ2) is 7.16. The molecule has 19 heavy (non-hydrogen) atoms. The summed E-state index contributed by atoms with van der Waals surface area (Å²) in [5, 5.41) is 4.07. The molecule has 0 aliphatic heterocycles. The Morgan fingerprint density at radius 2 is 1.95 bits per heavy atom. The summed E-state index contributed by atoms with van der Waals surface area (Å²) in [5.41, 5.74) is 0.897. The van der Waals surface area contributed by atoms with E-state index < -0.39 is 0 Å². The molecule has 1 amide bonds. The van der Waals surface area contributed by atoms with Crippen LogP contribution in [0.4, 0.5) is 0 Å². The predicted molar refractivity (Wildman–Crippen MR) is 82.0 cm³/mol. The summed E-state index contributed by atoms with van der Waals surface area (Å²) in [5.74, 6) is 0.106. The van der Waals surface area contributed by atoms with Gasteiger partial charge in [0.15, 0.2) is 0 Å². The number of carbonyl (C=O) groups is 1. The van der Waals surface area contributed by atoms with Crippen LogP contribution < -0.4 is 5.32 Å². The van der Waals surface area contributed by atoms with E-state index in [1.54, 1.807) is 6.07 Å². The second-order valence-corrected chi connectivity index (χ2v) is 6.21. The zero-order chi connectivity index (χ0) is 14.5. The molecular weight excluding hydrogens is 281 g/mol. The number of carbonyl (C=O) groups excluding carboxylic acids is 1. The van der Waals surface area contributed by atoms with Crippen LogP contribution in [-0.2, 0) is 10.2 Å². The number of hydrogen-bond acceptors (Lipinski definition) is 1. The maximum absolute atomic E-state index is 11.6. The third kappa shape index (κ3) is 5.04. The van der Waals surface area contributed by atoms with Crippen molar-refractivity contribution in [1.29, 1.82) is 0 Å². The number of rotatable bonds is 6. The molecule has 0 unspecified atom stereocenters. The number of hydrogen-bond donors (Lipinski definition) is 1. The maximum atomic E-state index is 11.6. The van der Waals surface area contributed by atoms with Gasteiger partial charge in [-0.25, -0.2) is 0 Å². The van der Waals surface area contributed by atoms with Crippen molar-refractivity contribution >= 4 is 29.1 Å². The number of nitrogens with one attached hydrogen (secondary N) is 1. The van der Waals surface area contributed by atoms with E-state index >= 15 is 0 Å². The Bertz CT molecular complexity index is 444. The minimum absolute atomic E-state index is 0.106. The number of unbranched alkanes of at least 4 members (excludes halogenated alkanes) is 1. The van der Waals surface area contributed by atoms with Crippen molar-refractivity contribution in [2.45, 2.75) is 45.4 Å². The summed E-state index contributed by atoms with van der Waals surface area (Å²) < 4.78 is 0. The van der Waals surface area contributed by atoms with Gasteiger partial charge in [0.05, 0.1) is 10.0 Å². The van der Waals surface area contributed by atoms with Gasteiger partial charge in [-0.1, -0.05) is 56.5 Å². The van der Waals surface area contributed by atoms with E-state index in [2.05, 4.69) is 26.1 Å². The molecule has 106 valence electrons. The summed E-state index contributed by atoms with van der Waals surface area (Å²) in [6.07, 6.45) is 2.55. The minimum Gasteiger partial charge on any atom is -0.355 e. The summed E-state index contributed by atoms with van der Waals surface area (Å²) >= 11 is 11.9. The van der Waals surface area contributed by atoms with Crippen LogP contribution in [0.3, 0.4) is 0 Å². The van der Waals surface area contributed by atoms with Crippen LogP contribution in [0.5, 0.6) is 0 Å². The smallest absolute Gasteiger partial charge is 0.220 e. The van der Waals surface area contributed by atoms with E-state index in [4.69, 9.17) is 23.2 Å². The Morgan fingerprint density at radius 1 is 1.26 bits per heavy atom. The monoisotopic (exact) mass is 301 g/mol. The molecule has 0 heterocycles. The van der Waals surface area contributed by atoms with Gasteiger partial charge in [-0.05, 0) is 24.1 Å². The topological polar surface area (TPSA) is 29.1 Å². The molecule has 0 bridgehead atoms. The van der Waals surface area contributed by atoms with Crippen molar-refractivity contribution in [2.75, 3.05) is 6.54 Å². The number of amides is 1. The normalized spacial score (nSPS) is 11.4. The van der Waals surface area contributed by atoms with Gasteiger partial charge in [-0.3, -0.25) is 4.79 Å². The van der Waals surface area contributed by atoms with Gasteiger partial charge in [0.2, 0.25) is 5.91 Å². The van der Waals surface area contributed by atoms with E-state index in [-0.39, 0.29) is 11.3 Å². The third-order valence-corrected chi connectivity index (χ3v) is 3.92. The van der Waals surface area contributed by atoms with E-state index in [1.165, 1.54) is 0 Å². The lowest BCUT2D eigenvalue weighted by atomic mass is 9.84. The van der Waals surface area contributed by atoms with E-state index in [1.807, 2.05) is 12.1 Å². The lowest BCUT2D eigenvalue weighted by Crippen LogP contribution is -2.36. The molecular formula is C15H21Cl2NO. The highest BCUT2D eigenvalue weighted by Crippen LogP contribution is 2.29. The molecule has 0 spiro atoms. The van der Waals surface area contributed by atoms with Crippen LogP contribution in [0.2, 0.25) is 10.0 Å². The van der Waals surface area contributed by atoms with Crippen LogP contribution in [0, 0.1) is 0 Å². The largest absolute Gasteiger partial charge is 0.355 e. The molecule has 0 radical (unpaired) electrons. The van der Waals surface area contributed by atoms with Gasteiger partial charge in [0, 0.05) is 18.4 Å². The molecule has 1 N–H and O–H groups in total. The van der Waals surface area contributed by atoms with Crippen molar-refractivity contribution in [1.82, 2.24) is 5.32 Å². The lowest BCUT2D eigenvalue weighted by molar-refractivity contribution is -0.121. The molecule has 1 rings (SSSR count). The first-order chi connectivity index (χ1) is 8.86. The Hall–Kier alpha value is -0.730. The number of benzene rings is 1. The summed E-state index contributed by atoms with van der Waals surface area (Å²) in [6, 6.07) is 5.61. The molecule has 2 nitrogen and oxygen atoms in total. The Labute approximate surface area is 125 Å². The Kier molecular flexibility index (Phi) is 6.15. The fourth-order valence-electron chi connectivity index (χ4n) is 1.76. The van der Waals surface area contributed by atoms with Crippen LogP contribution in [0.15, 0.2) is 18.2 Å². The standard InChI is InChI=1S/C15H21Cl2NO/c1-4-5-6-14(19)18-10-15(2,3)11-7-8-12(16)13(17)9-11/h7-9H,4-6,10H2,1-3H3,(H,18,19). The first-order valence-electron chi connectivity index (χ1n) is 6.59. The Balaban J connectivity index is 2.64. The van der Waals surface area contributed by atoms with Crippen molar-refractivity contribution in [2.24, 2.45) is 0 Å². The molecule has 0 aliphatic rings. The van der Waals surface area contributed by atoms with Gasteiger partial charge in [0.1, 0.15) is 0 Å². The average Bonchev–Trinajstić information content (AvgIpc) is 2.37. The van der Waals surface area contributed by atoms with Gasteiger partial charge in [-0.15, -0.1) is 0 Å². The van der Waals surface area contributed by atoms with Crippen molar-refractivity contribution < 1.29 is 4.79 Å². The van der Waals surface area contributed by atoms with E-state index in [0.717, 1.165) is 18.4 Å². The van der Waals surface area contributed by atoms with E-state index in [0.29, 0.717) is 23.0 Å². The summed E-state index contributed by atoms with van der Waals surface area (Å²) in [4.78, 5) is 11.6. The molecule has 4 heteroatoms. The third-order valence-electron chi connectivity index (χ3n) is 3.19. The highest BCUT2D eigenvalue weighted by Gasteiger charge is 2.22. The zero-order valence-electron chi connectivity index (χ0n) is 11.7. The fraction of sp³-hybridized carbons (Fsp3) is 0.533. The van der Waals surface area contributed by atoms with Crippen LogP contribution in [0.1, 0.15) is 45.6 Å². The highest BCUT2D eigenvalue weighted by molar-refractivity contribution is 6.42.